The Morgan fingerprint density at radius 2 is 1.95 bits per heavy atom. The van der Waals surface area contributed by atoms with E-state index in [1.165, 1.54) is 44.9 Å². The molecule has 3 heteroatoms. The minimum absolute atomic E-state index is 0.216. The molecule has 0 aromatic carbocycles. The lowest BCUT2D eigenvalue weighted by Crippen LogP contribution is -2.34. The molecule has 2 fully saturated rings. The van der Waals surface area contributed by atoms with E-state index >= 15 is 0 Å². The van der Waals surface area contributed by atoms with E-state index in [9.17, 15) is 5.11 Å². The minimum Gasteiger partial charge on any atom is -0.392 e. The molecular formula is C17H24BrNO. The van der Waals surface area contributed by atoms with Crippen molar-refractivity contribution in [3.05, 3.63) is 28.5 Å². The quantitative estimate of drug-likeness (QED) is 0.889. The number of fused-ring (bicyclic) bond motifs is 1. The molecule has 4 atom stereocenters. The van der Waals surface area contributed by atoms with E-state index in [4.69, 9.17) is 0 Å². The van der Waals surface area contributed by atoms with Crippen LogP contribution in [0.25, 0.3) is 0 Å². The largest absolute Gasteiger partial charge is 0.392 e. The van der Waals surface area contributed by atoms with E-state index in [0.29, 0.717) is 12.3 Å². The van der Waals surface area contributed by atoms with Gasteiger partial charge in [-0.3, -0.25) is 4.98 Å². The number of rotatable bonds is 3. The van der Waals surface area contributed by atoms with Crippen LogP contribution in [0.3, 0.4) is 0 Å². The van der Waals surface area contributed by atoms with Crippen LogP contribution in [-0.2, 0) is 6.42 Å². The molecule has 2 saturated carbocycles. The van der Waals surface area contributed by atoms with Gasteiger partial charge >= 0.3 is 0 Å². The zero-order valence-electron chi connectivity index (χ0n) is 12.0. The van der Waals surface area contributed by atoms with Gasteiger partial charge in [0.15, 0.2) is 0 Å². The summed E-state index contributed by atoms with van der Waals surface area (Å²) in [4.78, 5) is 4.39. The first kappa shape index (κ1) is 14.5. The molecule has 3 rings (SSSR count). The lowest BCUT2D eigenvalue weighted by Gasteiger charge is -2.40. The maximum absolute atomic E-state index is 10.5. The van der Waals surface area contributed by atoms with Gasteiger partial charge in [0.25, 0.3) is 0 Å². The number of pyridine rings is 1. The molecule has 0 saturated heterocycles. The molecule has 20 heavy (non-hydrogen) atoms. The zero-order valence-corrected chi connectivity index (χ0v) is 13.6. The molecule has 0 amide bonds. The molecule has 1 aromatic rings. The molecule has 2 aliphatic carbocycles. The van der Waals surface area contributed by atoms with E-state index in [2.05, 4.69) is 20.9 Å². The van der Waals surface area contributed by atoms with Crippen LogP contribution in [0.4, 0.5) is 0 Å². The highest BCUT2D eigenvalue weighted by molar-refractivity contribution is 9.10. The first-order valence-corrected chi connectivity index (χ1v) is 8.80. The highest BCUT2D eigenvalue weighted by Crippen LogP contribution is 2.43. The van der Waals surface area contributed by atoms with Crippen LogP contribution in [0, 0.1) is 17.8 Å². The number of nitrogens with zero attached hydrogens (tertiary/aromatic N) is 1. The van der Waals surface area contributed by atoms with Crippen LogP contribution in [0.2, 0.25) is 0 Å². The minimum atomic E-state index is -0.216. The van der Waals surface area contributed by atoms with Crippen molar-refractivity contribution < 1.29 is 5.11 Å². The zero-order chi connectivity index (χ0) is 13.9. The van der Waals surface area contributed by atoms with Gasteiger partial charge in [-0.05, 0) is 65.1 Å². The van der Waals surface area contributed by atoms with Gasteiger partial charge in [0.1, 0.15) is 0 Å². The van der Waals surface area contributed by atoms with Crippen LogP contribution in [0.5, 0.6) is 0 Å². The lowest BCUT2D eigenvalue weighted by molar-refractivity contribution is 0.0356. The van der Waals surface area contributed by atoms with Crippen LogP contribution < -0.4 is 0 Å². The van der Waals surface area contributed by atoms with E-state index < -0.39 is 0 Å². The third-order valence-corrected chi connectivity index (χ3v) is 5.80. The van der Waals surface area contributed by atoms with Gasteiger partial charge in [-0.15, -0.1) is 0 Å². The number of aromatic nitrogens is 1. The molecule has 2 nitrogen and oxygen atoms in total. The van der Waals surface area contributed by atoms with Crippen molar-refractivity contribution >= 4 is 15.9 Å². The number of hydrogen-bond acceptors (Lipinski definition) is 2. The smallest absolute Gasteiger partial charge is 0.0623 e. The Kier molecular flexibility index (Phi) is 4.77. The Hall–Kier alpha value is -0.410. The maximum atomic E-state index is 10.5. The molecule has 2 aliphatic rings. The molecule has 1 heterocycles. The second kappa shape index (κ2) is 6.57. The van der Waals surface area contributed by atoms with Crippen LogP contribution >= 0.6 is 15.9 Å². The maximum Gasteiger partial charge on any atom is 0.0623 e. The molecule has 0 bridgehead atoms. The third kappa shape index (κ3) is 3.43. The molecule has 110 valence electrons. The van der Waals surface area contributed by atoms with Crippen molar-refractivity contribution in [1.82, 2.24) is 4.98 Å². The monoisotopic (exact) mass is 337 g/mol. The lowest BCUT2D eigenvalue weighted by atomic mass is 9.66. The van der Waals surface area contributed by atoms with Crippen molar-refractivity contribution in [2.24, 2.45) is 17.8 Å². The number of aliphatic hydroxyl groups excluding tert-OH is 1. The summed E-state index contributed by atoms with van der Waals surface area (Å²) in [5.41, 5.74) is 1.01. The summed E-state index contributed by atoms with van der Waals surface area (Å²) >= 11 is 3.40. The van der Waals surface area contributed by atoms with Crippen molar-refractivity contribution in [3.63, 3.8) is 0 Å². The van der Waals surface area contributed by atoms with Gasteiger partial charge in [0.05, 0.1) is 6.10 Å². The normalized spacial score (nSPS) is 31.6. The van der Waals surface area contributed by atoms with Gasteiger partial charge in [0, 0.05) is 22.8 Å². The van der Waals surface area contributed by atoms with Gasteiger partial charge in [-0.25, -0.2) is 0 Å². The van der Waals surface area contributed by atoms with Crippen molar-refractivity contribution in [2.45, 2.75) is 57.5 Å². The van der Waals surface area contributed by atoms with Crippen molar-refractivity contribution in [1.29, 1.82) is 0 Å². The summed E-state index contributed by atoms with van der Waals surface area (Å²) in [5, 5.41) is 10.5. The average Bonchev–Trinajstić information content (AvgIpc) is 2.49. The Bertz CT molecular complexity index is 433. The molecule has 4 unspecified atom stereocenters. The summed E-state index contributed by atoms with van der Waals surface area (Å²) in [6.07, 6.45) is 11.7. The van der Waals surface area contributed by atoms with Gasteiger partial charge in [0.2, 0.25) is 0 Å². The SMILES string of the molecule is OC(Cc1ccc(Br)cn1)C1CCC2CCCCC2C1. The number of hydrogen-bond donors (Lipinski definition) is 1. The second-order valence-electron chi connectivity index (χ2n) is 6.62. The molecule has 1 aromatic heterocycles. The summed E-state index contributed by atoms with van der Waals surface area (Å²) in [6.45, 7) is 0. The third-order valence-electron chi connectivity index (χ3n) is 5.33. The van der Waals surface area contributed by atoms with Crippen LogP contribution in [-0.4, -0.2) is 16.2 Å². The highest BCUT2D eigenvalue weighted by Gasteiger charge is 2.34. The molecule has 0 radical (unpaired) electrons. The second-order valence-corrected chi connectivity index (χ2v) is 7.53. The average molecular weight is 338 g/mol. The standard InChI is InChI=1S/C17H24BrNO/c18-15-7-8-16(19-11-15)10-17(20)14-6-5-12-3-1-2-4-13(12)9-14/h7-8,11-14,17,20H,1-6,9-10H2. The summed E-state index contributed by atoms with van der Waals surface area (Å²) in [5.74, 6) is 2.33. The Morgan fingerprint density at radius 3 is 2.70 bits per heavy atom. The number of aliphatic hydroxyl groups is 1. The van der Waals surface area contributed by atoms with Gasteiger partial charge in [-0.2, -0.15) is 0 Å². The predicted molar refractivity (Wildman–Crippen MR) is 84.4 cm³/mol. The molecule has 1 N–H and O–H groups in total. The molecule has 0 aliphatic heterocycles. The Labute approximate surface area is 130 Å². The first-order chi connectivity index (χ1) is 9.72. The summed E-state index contributed by atoms with van der Waals surface area (Å²) in [6, 6.07) is 4.02. The van der Waals surface area contributed by atoms with E-state index in [0.717, 1.165) is 22.0 Å². The summed E-state index contributed by atoms with van der Waals surface area (Å²) < 4.78 is 0.999. The molecular weight excluding hydrogens is 314 g/mol. The fourth-order valence-electron chi connectivity index (χ4n) is 4.17. The number of halogens is 1. The van der Waals surface area contributed by atoms with E-state index in [-0.39, 0.29) is 6.10 Å². The van der Waals surface area contributed by atoms with Crippen molar-refractivity contribution in [3.8, 4) is 0 Å². The summed E-state index contributed by atoms with van der Waals surface area (Å²) in [7, 11) is 0. The predicted octanol–water partition coefficient (Wildman–Crippen LogP) is 4.35. The van der Waals surface area contributed by atoms with Crippen LogP contribution in [0.15, 0.2) is 22.8 Å². The Balaban J connectivity index is 1.57. The van der Waals surface area contributed by atoms with E-state index in [1.807, 2.05) is 18.3 Å². The van der Waals surface area contributed by atoms with Crippen molar-refractivity contribution in [2.75, 3.05) is 0 Å². The van der Waals surface area contributed by atoms with Gasteiger partial charge in [-0.1, -0.05) is 25.7 Å². The molecule has 0 spiro atoms. The highest BCUT2D eigenvalue weighted by atomic mass is 79.9. The van der Waals surface area contributed by atoms with Crippen LogP contribution in [0.1, 0.15) is 50.6 Å². The first-order valence-electron chi connectivity index (χ1n) is 8.01. The van der Waals surface area contributed by atoms with E-state index in [1.54, 1.807) is 0 Å². The topological polar surface area (TPSA) is 33.1 Å². The fraction of sp³-hybridized carbons (Fsp3) is 0.706. The van der Waals surface area contributed by atoms with Gasteiger partial charge < -0.3 is 5.11 Å². The Morgan fingerprint density at radius 1 is 1.15 bits per heavy atom. The fourth-order valence-corrected chi connectivity index (χ4v) is 4.40.